The standard InChI is InChI=1S/C18H19Cl2NO3S2/c1-26(23,24)12-14-4-2-13(3-5-14)9-21-18(22)11-25-10-15-6-7-16(19)8-17(15)20/h2-8H,9-12H2,1H3,(H,21,22). The van der Waals surface area contributed by atoms with Crippen LogP contribution in [0, 0.1) is 0 Å². The molecule has 0 saturated carbocycles. The maximum Gasteiger partial charge on any atom is 0.230 e. The number of carbonyl (C=O) groups excluding carboxylic acids is 1. The molecule has 0 unspecified atom stereocenters. The second-order valence-corrected chi connectivity index (χ2v) is 9.86. The Morgan fingerprint density at radius 2 is 1.73 bits per heavy atom. The van der Waals surface area contributed by atoms with E-state index in [-0.39, 0.29) is 11.7 Å². The van der Waals surface area contributed by atoms with Gasteiger partial charge in [0.15, 0.2) is 9.84 Å². The monoisotopic (exact) mass is 431 g/mol. The minimum atomic E-state index is -3.04. The fraction of sp³-hybridized carbons (Fsp3) is 0.278. The minimum absolute atomic E-state index is 0.0174. The first-order chi connectivity index (χ1) is 12.2. The highest BCUT2D eigenvalue weighted by Crippen LogP contribution is 2.24. The molecule has 2 rings (SSSR count). The first-order valence-electron chi connectivity index (χ1n) is 7.77. The summed E-state index contributed by atoms with van der Waals surface area (Å²) in [6, 6.07) is 12.5. The Morgan fingerprint density at radius 1 is 1.08 bits per heavy atom. The molecule has 2 aromatic carbocycles. The van der Waals surface area contributed by atoms with Gasteiger partial charge >= 0.3 is 0 Å². The summed E-state index contributed by atoms with van der Waals surface area (Å²) in [5, 5.41) is 4.03. The van der Waals surface area contributed by atoms with E-state index < -0.39 is 9.84 Å². The maximum absolute atomic E-state index is 11.9. The van der Waals surface area contributed by atoms with Crippen molar-refractivity contribution in [1.29, 1.82) is 0 Å². The smallest absolute Gasteiger partial charge is 0.230 e. The average molecular weight is 432 g/mol. The molecule has 0 aromatic heterocycles. The normalized spacial score (nSPS) is 11.3. The second-order valence-electron chi connectivity index (χ2n) is 5.89. The van der Waals surface area contributed by atoms with Crippen LogP contribution in [0.2, 0.25) is 10.0 Å². The summed E-state index contributed by atoms with van der Waals surface area (Å²) in [5.41, 5.74) is 2.59. The molecule has 2 aromatic rings. The van der Waals surface area contributed by atoms with Gasteiger partial charge in [-0.1, -0.05) is 53.5 Å². The van der Waals surface area contributed by atoms with Crippen LogP contribution in [0.4, 0.5) is 0 Å². The summed E-state index contributed by atoms with van der Waals surface area (Å²) in [7, 11) is -3.04. The van der Waals surface area contributed by atoms with Gasteiger partial charge in [-0.15, -0.1) is 11.8 Å². The fourth-order valence-corrected chi connectivity index (χ4v) is 4.41. The maximum atomic E-state index is 11.9. The minimum Gasteiger partial charge on any atom is -0.351 e. The molecule has 0 aliphatic rings. The molecule has 0 aliphatic heterocycles. The van der Waals surface area contributed by atoms with Crippen molar-refractivity contribution in [3.8, 4) is 0 Å². The van der Waals surface area contributed by atoms with Crippen molar-refractivity contribution < 1.29 is 13.2 Å². The number of hydrogen-bond donors (Lipinski definition) is 1. The zero-order valence-corrected chi connectivity index (χ0v) is 17.3. The Kier molecular flexibility index (Phi) is 7.83. The summed E-state index contributed by atoms with van der Waals surface area (Å²) < 4.78 is 22.5. The molecule has 4 nitrogen and oxygen atoms in total. The molecule has 0 atom stereocenters. The van der Waals surface area contributed by atoms with Crippen molar-refractivity contribution in [1.82, 2.24) is 5.32 Å². The molecule has 0 heterocycles. The van der Waals surface area contributed by atoms with E-state index in [1.807, 2.05) is 18.2 Å². The van der Waals surface area contributed by atoms with E-state index in [9.17, 15) is 13.2 Å². The number of amides is 1. The van der Waals surface area contributed by atoms with Crippen LogP contribution in [-0.2, 0) is 32.7 Å². The number of hydrogen-bond acceptors (Lipinski definition) is 4. The molecule has 140 valence electrons. The van der Waals surface area contributed by atoms with Gasteiger partial charge in [0.25, 0.3) is 0 Å². The lowest BCUT2D eigenvalue weighted by atomic mass is 10.1. The summed E-state index contributed by atoms with van der Waals surface area (Å²) in [6.07, 6.45) is 1.20. The Bertz CT molecular complexity index is 869. The highest BCUT2D eigenvalue weighted by Gasteiger charge is 2.07. The predicted molar refractivity (Wildman–Crippen MR) is 109 cm³/mol. The van der Waals surface area contributed by atoms with Crippen LogP contribution < -0.4 is 5.32 Å². The van der Waals surface area contributed by atoms with Gasteiger partial charge < -0.3 is 5.32 Å². The highest BCUT2D eigenvalue weighted by molar-refractivity contribution is 7.99. The Morgan fingerprint density at radius 3 is 2.35 bits per heavy atom. The van der Waals surface area contributed by atoms with E-state index in [0.717, 1.165) is 16.7 Å². The quantitative estimate of drug-likeness (QED) is 0.683. The molecule has 0 aliphatic carbocycles. The summed E-state index contributed by atoms with van der Waals surface area (Å²) in [4.78, 5) is 11.9. The second kappa shape index (κ2) is 9.65. The van der Waals surface area contributed by atoms with Gasteiger partial charge in [-0.05, 0) is 28.8 Å². The number of benzene rings is 2. The Balaban J connectivity index is 1.74. The largest absolute Gasteiger partial charge is 0.351 e. The third-order valence-corrected chi connectivity index (χ3v) is 5.87. The number of sulfone groups is 1. The van der Waals surface area contributed by atoms with Crippen LogP contribution in [0.3, 0.4) is 0 Å². The third-order valence-electron chi connectivity index (χ3n) is 3.45. The number of nitrogens with one attached hydrogen (secondary N) is 1. The summed E-state index contributed by atoms with van der Waals surface area (Å²) in [5.74, 6) is 0.901. The van der Waals surface area contributed by atoms with Crippen LogP contribution in [0.5, 0.6) is 0 Å². The molecular formula is C18H19Cl2NO3S2. The SMILES string of the molecule is CS(=O)(=O)Cc1ccc(CNC(=O)CSCc2ccc(Cl)cc2Cl)cc1. The number of rotatable bonds is 8. The van der Waals surface area contributed by atoms with Gasteiger partial charge in [-0.3, -0.25) is 4.79 Å². The lowest BCUT2D eigenvalue weighted by Gasteiger charge is -2.07. The van der Waals surface area contributed by atoms with Crippen molar-refractivity contribution in [3.63, 3.8) is 0 Å². The molecule has 26 heavy (non-hydrogen) atoms. The summed E-state index contributed by atoms with van der Waals surface area (Å²) >= 11 is 13.4. The lowest BCUT2D eigenvalue weighted by Crippen LogP contribution is -2.24. The van der Waals surface area contributed by atoms with Gasteiger partial charge in [0.1, 0.15) is 0 Å². The van der Waals surface area contributed by atoms with Crippen LogP contribution in [0.15, 0.2) is 42.5 Å². The Labute approximate surface area is 168 Å². The van der Waals surface area contributed by atoms with Gasteiger partial charge in [0.2, 0.25) is 5.91 Å². The van der Waals surface area contributed by atoms with Crippen molar-refractivity contribution in [2.45, 2.75) is 18.1 Å². The topological polar surface area (TPSA) is 63.2 Å². The highest BCUT2D eigenvalue weighted by atomic mass is 35.5. The molecule has 0 saturated heterocycles. The van der Waals surface area contributed by atoms with Gasteiger partial charge in [-0.2, -0.15) is 0 Å². The van der Waals surface area contributed by atoms with Crippen molar-refractivity contribution >= 4 is 50.7 Å². The first-order valence-corrected chi connectivity index (χ1v) is 11.7. The number of thioether (sulfide) groups is 1. The number of halogens is 2. The lowest BCUT2D eigenvalue weighted by molar-refractivity contribution is -0.118. The van der Waals surface area contributed by atoms with Crippen molar-refractivity contribution in [3.05, 3.63) is 69.2 Å². The Hall–Kier alpha value is -1.21. The molecule has 8 heteroatoms. The molecule has 0 radical (unpaired) electrons. The van der Waals surface area contributed by atoms with E-state index >= 15 is 0 Å². The average Bonchev–Trinajstić information content (AvgIpc) is 2.55. The molecule has 0 bridgehead atoms. The molecule has 1 amide bonds. The molecule has 1 N–H and O–H groups in total. The van der Waals surface area contributed by atoms with E-state index in [1.165, 1.54) is 18.0 Å². The van der Waals surface area contributed by atoms with Crippen molar-refractivity contribution in [2.24, 2.45) is 0 Å². The fourth-order valence-electron chi connectivity index (χ4n) is 2.20. The van der Waals surface area contributed by atoms with Crippen LogP contribution in [0.1, 0.15) is 16.7 Å². The molecule has 0 spiro atoms. The summed E-state index contributed by atoms with van der Waals surface area (Å²) in [6.45, 7) is 0.403. The van der Waals surface area contributed by atoms with Crippen LogP contribution in [0.25, 0.3) is 0 Å². The van der Waals surface area contributed by atoms with Gasteiger partial charge in [0, 0.05) is 28.6 Å². The van der Waals surface area contributed by atoms with Gasteiger partial charge in [0.05, 0.1) is 11.5 Å². The third kappa shape index (κ3) is 7.58. The molecular weight excluding hydrogens is 413 g/mol. The van der Waals surface area contributed by atoms with E-state index in [4.69, 9.17) is 23.2 Å². The van der Waals surface area contributed by atoms with Crippen LogP contribution in [-0.4, -0.2) is 26.3 Å². The zero-order valence-electron chi connectivity index (χ0n) is 14.2. The van der Waals surface area contributed by atoms with E-state index in [2.05, 4.69) is 5.32 Å². The first kappa shape index (κ1) is 21.1. The number of carbonyl (C=O) groups is 1. The van der Waals surface area contributed by atoms with E-state index in [1.54, 1.807) is 24.3 Å². The molecule has 0 fully saturated rings. The predicted octanol–water partition coefficient (Wildman–Crippen LogP) is 4.09. The zero-order chi connectivity index (χ0) is 19.2. The van der Waals surface area contributed by atoms with E-state index in [0.29, 0.717) is 28.1 Å². The van der Waals surface area contributed by atoms with Crippen molar-refractivity contribution in [2.75, 3.05) is 12.0 Å². The van der Waals surface area contributed by atoms with Crippen LogP contribution >= 0.6 is 35.0 Å². The van der Waals surface area contributed by atoms with Gasteiger partial charge in [-0.25, -0.2) is 8.42 Å².